The Morgan fingerprint density at radius 2 is 1.96 bits per heavy atom. The zero-order chi connectivity index (χ0) is 19.4. The summed E-state index contributed by atoms with van der Waals surface area (Å²) in [5.74, 6) is 1.71. The van der Waals surface area contributed by atoms with Crippen molar-refractivity contribution in [1.82, 2.24) is 15.1 Å². The highest BCUT2D eigenvalue weighted by Crippen LogP contribution is 2.29. The number of carbonyl (C=O) groups is 1. The molecule has 2 heterocycles. The molecule has 1 aromatic carbocycles. The fourth-order valence-corrected chi connectivity index (χ4v) is 3.65. The van der Waals surface area contributed by atoms with Crippen molar-refractivity contribution >= 4 is 5.91 Å². The van der Waals surface area contributed by atoms with Crippen molar-refractivity contribution in [1.29, 1.82) is 0 Å². The molecule has 1 N–H and O–H groups in total. The van der Waals surface area contributed by atoms with Gasteiger partial charge in [0.1, 0.15) is 11.5 Å². The lowest BCUT2D eigenvalue weighted by Crippen LogP contribution is -2.32. The monoisotopic (exact) mass is 369 g/mol. The van der Waals surface area contributed by atoms with Crippen molar-refractivity contribution in [2.45, 2.75) is 39.8 Å². The van der Waals surface area contributed by atoms with Crippen LogP contribution in [0, 0.1) is 13.8 Å². The van der Waals surface area contributed by atoms with E-state index in [-0.39, 0.29) is 5.91 Å². The third kappa shape index (κ3) is 4.99. The fraction of sp³-hybridized carbons (Fsp3) is 0.500. The van der Waals surface area contributed by atoms with E-state index in [2.05, 4.69) is 46.3 Å². The summed E-state index contributed by atoms with van der Waals surface area (Å²) in [7, 11) is 4.09. The molecule has 1 aliphatic rings. The maximum absolute atomic E-state index is 12.7. The SMILES string of the molecule is Cc1ccc(CN2CCc3oc(C)c(C(=O)NCCCN(C)C)c3C2)cc1. The van der Waals surface area contributed by atoms with Gasteiger partial charge >= 0.3 is 0 Å². The number of amides is 1. The first-order valence-electron chi connectivity index (χ1n) is 9.76. The van der Waals surface area contributed by atoms with Gasteiger partial charge in [-0.2, -0.15) is 0 Å². The highest BCUT2D eigenvalue weighted by molar-refractivity contribution is 5.97. The van der Waals surface area contributed by atoms with E-state index in [4.69, 9.17) is 4.42 Å². The first kappa shape index (κ1) is 19.6. The van der Waals surface area contributed by atoms with Gasteiger partial charge in [-0.1, -0.05) is 29.8 Å². The number of aryl methyl sites for hydroxylation is 2. The summed E-state index contributed by atoms with van der Waals surface area (Å²) in [6, 6.07) is 8.67. The van der Waals surface area contributed by atoms with Crippen LogP contribution >= 0.6 is 0 Å². The second-order valence-electron chi connectivity index (χ2n) is 7.79. The van der Waals surface area contributed by atoms with Gasteiger partial charge in [-0.3, -0.25) is 9.69 Å². The summed E-state index contributed by atoms with van der Waals surface area (Å²) in [6.07, 6.45) is 1.80. The summed E-state index contributed by atoms with van der Waals surface area (Å²) in [4.78, 5) is 17.3. The van der Waals surface area contributed by atoms with Crippen LogP contribution < -0.4 is 5.32 Å². The lowest BCUT2D eigenvalue weighted by atomic mass is 10.0. The van der Waals surface area contributed by atoms with Crippen molar-refractivity contribution in [3.8, 4) is 0 Å². The van der Waals surface area contributed by atoms with Gasteiger partial charge in [0.05, 0.1) is 5.56 Å². The van der Waals surface area contributed by atoms with E-state index in [1.165, 1.54) is 11.1 Å². The van der Waals surface area contributed by atoms with Crippen LogP contribution in [-0.4, -0.2) is 49.4 Å². The van der Waals surface area contributed by atoms with Gasteiger partial charge < -0.3 is 14.6 Å². The molecule has 0 unspecified atom stereocenters. The second-order valence-corrected chi connectivity index (χ2v) is 7.79. The Hall–Kier alpha value is -2.11. The standard InChI is InChI=1S/C22H31N3O2/c1-16-6-8-18(9-7-16)14-25-13-10-20-19(15-25)21(17(2)27-20)22(26)23-11-5-12-24(3)4/h6-9H,5,10-15H2,1-4H3,(H,23,26). The van der Waals surface area contributed by atoms with E-state index in [0.717, 1.165) is 61.7 Å². The van der Waals surface area contributed by atoms with Gasteiger partial charge in [-0.25, -0.2) is 0 Å². The Labute approximate surface area is 162 Å². The van der Waals surface area contributed by atoms with Crippen molar-refractivity contribution in [3.63, 3.8) is 0 Å². The molecule has 0 fully saturated rings. The summed E-state index contributed by atoms with van der Waals surface area (Å²) in [5.41, 5.74) is 4.39. The van der Waals surface area contributed by atoms with Crippen LogP contribution in [0.4, 0.5) is 0 Å². The Balaban J connectivity index is 1.66. The predicted molar refractivity (Wildman–Crippen MR) is 108 cm³/mol. The maximum Gasteiger partial charge on any atom is 0.255 e. The van der Waals surface area contributed by atoms with E-state index in [1.54, 1.807) is 0 Å². The van der Waals surface area contributed by atoms with E-state index in [0.29, 0.717) is 6.54 Å². The molecule has 0 atom stereocenters. The molecule has 1 aromatic heterocycles. The molecule has 0 radical (unpaired) electrons. The number of hydrogen-bond acceptors (Lipinski definition) is 4. The average molecular weight is 370 g/mol. The van der Waals surface area contributed by atoms with Crippen LogP contribution in [0.15, 0.2) is 28.7 Å². The van der Waals surface area contributed by atoms with Crippen LogP contribution in [0.3, 0.4) is 0 Å². The van der Waals surface area contributed by atoms with Gasteiger partial charge in [0.2, 0.25) is 0 Å². The van der Waals surface area contributed by atoms with Crippen LogP contribution in [0.25, 0.3) is 0 Å². The summed E-state index contributed by atoms with van der Waals surface area (Å²) < 4.78 is 5.92. The van der Waals surface area contributed by atoms with E-state index in [1.807, 2.05) is 21.0 Å². The van der Waals surface area contributed by atoms with E-state index in [9.17, 15) is 4.79 Å². The molecule has 3 rings (SSSR count). The molecule has 5 nitrogen and oxygen atoms in total. The maximum atomic E-state index is 12.7. The minimum Gasteiger partial charge on any atom is -0.465 e. The number of hydrogen-bond donors (Lipinski definition) is 1. The van der Waals surface area contributed by atoms with Crippen molar-refractivity contribution in [3.05, 3.63) is 58.0 Å². The molecule has 0 spiro atoms. The number of rotatable bonds is 7. The molecule has 1 aliphatic heterocycles. The molecular formula is C22H31N3O2. The third-order valence-electron chi connectivity index (χ3n) is 5.13. The van der Waals surface area contributed by atoms with Crippen molar-refractivity contribution in [2.24, 2.45) is 0 Å². The number of nitrogens with one attached hydrogen (secondary N) is 1. The van der Waals surface area contributed by atoms with Crippen LogP contribution in [0.2, 0.25) is 0 Å². The third-order valence-corrected chi connectivity index (χ3v) is 5.13. The quantitative estimate of drug-likeness (QED) is 0.762. The Kier molecular flexibility index (Phi) is 6.34. The number of benzene rings is 1. The normalized spacial score (nSPS) is 14.4. The zero-order valence-corrected chi connectivity index (χ0v) is 17.0. The van der Waals surface area contributed by atoms with Gasteiger partial charge in [-0.15, -0.1) is 0 Å². The molecule has 0 saturated carbocycles. The summed E-state index contributed by atoms with van der Waals surface area (Å²) in [5, 5.41) is 3.06. The van der Waals surface area contributed by atoms with Gasteiger partial charge in [0, 0.05) is 38.2 Å². The molecule has 146 valence electrons. The highest BCUT2D eigenvalue weighted by Gasteiger charge is 2.28. The van der Waals surface area contributed by atoms with Gasteiger partial charge in [-0.05, 0) is 46.5 Å². The largest absolute Gasteiger partial charge is 0.465 e. The summed E-state index contributed by atoms with van der Waals surface area (Å²) >= 11 is 0. The van der Waals surface area contributed by atoms with Crippen molar-refractivity contribution in [2.75, 3.05) is 33.7 Å². The van der Waals surface area contributed by atoms with E-state index >= 15 is 0 Å². The molecular weight excluding hydrogens is 338 g/mol. The molecule has 5 heteroatoms. The smallest absolute Gasteiger partial charge is 0.255 e. The number of furan rings is 1. The van der Waals surface area contributed by atoms with Crippen LogP contribution in [0.5, 0.6) is 0 Å². The lowest BCUT2D eigenvalue weighted by Gasteiger charge is -2.26. The number of fused-ring (bicyclic) bond motifs is 1. The molecule has 2 aromatic rings. The van der Waals surface area contributed by atoms with Crippen molar-refractivity contribution < 1.29 is 9.21 Å². The average Bonchev–Trinajstić information content (AvgIpc) is 2.95. The number of carbonyl (C=O) groups excluding carboxylic acids is 1. The molecule has 0 saturated heterocycles. The molecule has 0 aliphatic carbocycles. The number of nitrogens with zero attached hydrogens (tertiary/aromatic N) is 2. The second kappa shape index (κ2) is 8.72. The van der Waals surface area contributed by atoms with Crippen LogP contribution in [-0.2, 0) is 19.5 Å². The zero-order valence-electron chi connectivity index (χ0n) is 17.0. The Bertz CT molecular complexity index is 778. The fourth-order valence-electron chi connectivity index (χ4n) is 3.65. The lowest BCUT2D eigenvalue weighted by molar-refractivity contribution is 0.0948. The topological polar surface area (TPSA) is 48.7 Å². The Morgan fingerprint density at radius 1 is 1.22 bits per heavy atom. The molecule has 1 amide bonds. The highest BCUT2D eigenvalue weighted by atomic mass is 16.3. The minimum absolute atomic E-state index is 0.00607. The van der Waals surface area contributed by atoms with Gasteiger partial charge in [0.25, 0.3) is 5.91 Å². The first-order chi connectivity index (χ1) is 12.9. The first-order valence-corrected chi connectivity index (χ1v) is 9.76. The predicted octanol–water partition coefficient (Wildman–Crippen LogP) is 3.14. The molecule has 0 bridgehead atoms. The summed E-state index contributed by atoms with van der Waals surface area (Å²) in [6.45, 7) is 8.27. The van der Waals surface area contributed by atoms with E-state index < -0.39 is 0 Å². The van der Waals surface area contributed by atoms with Gasteiger partial charge in [0.15, 0.2) is 0 Å². The molecule has 27 heavy (non-hydrogen) atoms. The Morgan fingerprint density at radius 3 is 2.67 bits per heavy atom. The minimum atomic E-state index is -0.00607. The van der Waals surface area contributed by atoms with Crippen LogP contribution in [0.1, 0.15) is 45.0 Å².